The van der Waals surface area contributed by atoms with Crippen molar-refractivity contribution >= 4 is 21.0 Å². The maximum atomic E-state index is 12.2. The summed E-state index contributed by atoms with van der Waals surface area (Å²) in [5.41, 5.74) is 1.60. The van der Waals surface area contributed by atoms with Gasteiger partial charge in [0.05, 0.1) is 5.75 Å². The summed E-state index contributed by atoms with van der Waals surface area (Å²) in [5, 5.41) is 1.03. The summed E-state index contributed by atoms with van der Waals surface area (Å²) in [6.45, 7) is 1.84. The Morgan fingerprint density at radius 1 is 1.04 bits per heavy atom. The van der Waals surface area contributed by atoms with E-state index >= 15 is 0 Å². The second-order valence-electron chi connectivity index (χ2n) is 5.72. The van der Waals surface area contributed by atoms with E-state index in [1.54, 1.807) is 0 Å². The first kappa shape index (κ1) is 15.8. The highest BCUT2D eigenvalue weighted by Gasteiger charge is 2.17. The molecule has 0 aliphatic heterocycles. The fourth-order valence-electron chi connectivity index (χ4n) is 2.62. The summed E-state index contributed by atoms with van der Waals surface area (Å²) in [6.07, 6.45) is 0.517. The van der Waals surface area contributed by atoms with Crippen LogP contribution in [0, 0.1) is 0 Å². The minimum Gasteiger partial charge on any atom is -0.461 e. The van der Waals surface area contributed by atoms with Gasteiger partial charge in [0, 0.05) is 17.8 Å². The van der Waals surface area contributed by atoms with E-state index in [0.717, 1.165) is 22.3 Å². The molecule has 2 aromatic carbocycles. The summed E-state index contributed by atoms with van der Waals surface area (Å²) in [6, 6.07) is 18.6. The summed E-state index contributed by atoms with van der Waals surface area (Å²) in [4.78, 5) is 0. The van der Waals surface area contributed by atoms with Crippen LogP contribution >= 0.6 is 0 Å². The fourth-order valence-corrected chi connectivity index (χ4v) is 4.03. The minimum absolute atomic E-state index is 0.0156. The quantitative estimate of drug-likeness (QED) is 0.753. The van der Waals surface area contributed by atoms with Gasteiger partial charge in [0.1, 0.15) is 11.3 Å². The Morgan fingerprint density at radius 2 is 1.74 bits per heavy atom. The smallest absolute Gasteiger partial charge is 0.216 e. The largest absolute Gasteiger partial charge is 0.461 e. The molecule has 0 saturated heterocycles. The maximum Gasteiger partial charge on any atom is 0.216 e. The molecule has 1 atom stereocenters. The minimum atomic E-state index is -3.38. The van der Waals surface area contributed by atoms with Gasteiger partial charge in [0.2, 0.25) is 10.0 Å². The molecule has 0 saturated carbocycles. The molecule has 120 valence electrons. The van der Waals surface area contributed by atoms with Crippen molar-refractivity contribution in [3.05, 3.63) is 72.0 Å². The molecule has 0 amide bonds. The van der Waals surface area contributed by atoms with E-state index in [2.05, 4.69) is 4.72 Å². The van der Waals surface area contributed by atoms with Crippen molar-refractivity contribution in [2.24, 2.45) is 0 Å². The molecule has 0 fully saturated rings. The topological polar surface area (TPSA) is 59.3 Å². The van der Waals surface area contributed by atoms with Gasteiger partial charge in [-0.3, -0.25) is 0 Å². The fraction of sp³-hybridized carbons (Fsp3) is 0.222. The summed E-state index contributed by atoms with van der Waals surface area (Å²) in [7, 11) is -3.38. The molecule has 0 bridgehead atoms. The van der Waals surface area contributed by atoms with Crippen LogP contribution in [-0.2, 0) is 22.2 Å². The highest BCUT2D eigenvalue weighted by molar-refractivity contribution is 7.88. The molecule has 5 heteroatoms. The number of fused-ring (bicyclic) bond motifs is 1. The van der Waals surface area contributed by atoms with Gasteiger partial charge in [-0.15, -0.1) is 0 Å². The van der Waals surface area contributed by atoms with Crippen molar-refractivity contribution in [3.63, 3.8) is 0 Å². The van der Waals surface area contributed by atoms with Crippen LogP contribution in [-0.4, -0.2) is 14.5 Å². The Morgan fingerprint density at radius 3 is 2.48 bits per heavy atom. The van der Waals surface area contributed by atoms with E-state index in [9.17, 15) is 8.42 Å². The number of sulfonamides is 1. The zero-order chi connectivity index (χ0) is 16.3. The standard InChI is InChI=1S/C18H19NO3S/c1-14(11-17-12-16-9-5-6-10-18(16)22-17)19-23(20,21)13-15-7-3-2-4-8-15/h2-10,12,14,19H,11,13H2,1H3/t14-/m0/s1. The zero-order valence-electron chi connectivity index (χ0n) is 12.9. The molecule has 3 rings (SSSR count). The predicted octanol–water partition coefficient (Wildman–Crippen LogP) is 3.48. The maximum absolute atomic E-state index is 12.2. The van der Waals surface area contributed by atoms with Crippen molar-refractivity contribution in [1.82, 2.24) is 4.72 Å². The van der Waals surface area contributed by atoms with Crippen LogP contribution in [0.4, 0.5) is 0 Å². The summed E-state index contributed by atoms with van der Waals surface area (Å²) < 4.78 is 32.9. The van der Waals surface area contributed by atoms with Gasteiger partial charge in [0.25, 0.3) is 0 Å². The molecule has 3 aromatic rings. The Balaban J connectivity index is 1.65. The average molecular weight is 329 g/mol. The number of para-hydroxylation sites is 1. The average Bonchev–Trinajstić information content (AvgIpc) is 2.88. The highest BCUT2D eigenvalue weighted by atomic mass is 32.2. The van der Waals surface area contributed by atoms with Gasteiger partial charge >= 0.3 is 0 Å². The van der Waals surface area contributed by atoms with Crippen molar-refractivity contribution in [2.45, 2.75) is 25.1 Å². The Labute approximate surface area is 136 Å². The second kappa shape index (κ2) is 6.56. The van der Waals surface area contributed by atoms with Crippen LogP contribution < -0.4 is 4.72 Å². The third kappa shape index (κ3) is 4.21. The van der Waals surface area contributed by atoms with Crippen molar-refractivity contribution in [1.29, 1.82) is 0 Å². The Kier molecular flexibility index (Phi) is 4.50. The first-order valence-corrected chi connectivity index (χ1v) is 9.18. The van der Waals surface area contributed by atoms with E-state index < -0.39 is 10.0 Å². The van der Waals surface area contributed by atoms with E-state index in [4.69, 9.17) is 4.42 Å². The van der Waals surface area contributed by atoms with Crippen molar-refractivity contribution in [3.8, 4) is 0 Å². The zero-order valence-corrected chi connectivity index (χ0v) is 13.7. The SMILES string of the molecule is C[C@@H](Cc1cc2ccccc2o1)NS(=O)(=O)Cc1ccccc1. The molecule has 0 aliphatic rings. The van der Waals surface area contributed by atoms with Crippen LogP contribution in [0.25, 0.3) is 11.0 Å². The molecule has 1 heterocycles. The monoisotopic (exact) mass is 329 g/mol. The van der Waals surface area contributed by atoms with Gasteiger partial charge in [-0.05, 0) is 24.6 Å². The third-order valence-electron chi connectivity index (χ3n) is 3.56. The number of hydrogen-bond donors (Lipinski definition) is 1. The van der Waals surface area contributed by atoms with Crippen molar-refractivity contribution < 1.29 is 12.8 Å². The second-order valence-corrected chi connectivity index (χ2v) is 7.47. The molecular formula is C18H19NO3S. The first-order chi connectivity index (χ1) is 11.0. The van der Waals surface area contributed by atoms with Gasteiger partial charge in [-0.1, -0.05) is 48.5 Å². The summed E-state index contributed by atoms with van der Waals surface area (Å²) >= 11 is 0. The first-order valence-electron chi connectivity index (χ1n) is 7.53. The Hall–Kier alpha value is -2.11. The van der Waals surface area contributed by atoms with E-state index in [-0.39, 0.29) is 11.8 Å². The molecule has 0 unspecified atom stereocenters. The van der Waals surface area contributed by atoms with Gasteiger partial charge < -0.3 is 4.42 Å². The molecule has 23 heavy (non-hydrogen) atoms. The number of nitrogens with one attached hydrogen (secondary N) is 1. The van der Waals surface area contributed by atoms with E-state index in [1.807, 2.05) is 67.6 Å². The molecule has 0 aliphatic carbocycles. The van der Waals surface area contributed by atoms with Gasteiger partial charge in [-0.2, -0.15) is 0 Å². The molecule has 4 nitrogen and oxygen atoms in total. The van der Waals surface area contributed by atoms with Crippen LogP contribution in [0.15, 0.2) is 65.1 Å². The van der Waals surface area contributed by atoms with Crippen LogP contribution in [0.5, 0.6) is 0 Å². The third-order valence-corrected chi connectivity index (χ3v) is 5.04. The molecular weight excluding hydrogens is 310 g/mol. The lowest BCUT2D eigenvalue weighted by atomic mass is 10.2. The van der Waals surface area contributed by atoms with Crippen LogP contribution in [0.1, 0.15) is 18.2 Å². The predicted molar refractivity (Wildman–Crippen MR) is 91.6 cm³/mol. The van der Waals surface area contributed by atoms with Gasteiger partial charge in [0.15, 0.2) is 0 Å². The lowest BCUT2D eigenvalue weighted by Gasteiger charge is -2.13. The Bertz CT molecular complexity index is 852. The van der Waals surface area contributed by atoms with Gasteiger partial charge in [-0.25, -0.2) is 13.1 Å². The lowest BCUT2D eigenvalue weighted by molar-refractivity contribution is 0.504. The number of rotatable bonds is 6. The normalized spacial score (nSPS) is 13.3. The van der Waals surface area contributed by atoms with E-state index in [0.29, 0.717) is 6.42 Å². The number of benzene rings is 2. The number of hydrogen-bond acceptors (Lipinski definition) is 3. The molecule has 0 radical (unpaired) electrons. The van der Waals surface area contributed by atoms with Crippen LogP contribution in [0.3, 0.4) is 0 Å². The van der Waals surface area contributed by atoms with Crippen molar-refractivity contribution in [2.75, 3.05) is 0 Å². The van der Waals surface area contributed by atoms with Crippen LogP contribution in [0.2, 0.25) is 0 Å². The lowest BCUT2D eigenvalue weighted by Crippen LogP contribution is -2.34. The molecule has 1 N–H and O–H groups in total. The summed E-state index contributed by atoms with van der Waals surface area (Å²) in [5.74, 6) is 0.763. The highest BCUT2D eigenvalue weighted by Crippen LogP contribution is 2.20. The van der Waals surface area contributed by atoms with E-state index in [1.165, 1.54) is 0 Å². The number of furan rings is 1. The molecule has 1 aromatic heterocycles. The molecule has 0 spiro atoms.